The number of hydrogen-bond donors (Lipinski definition) is 3. The van der Waals surface area contributed by atoms with Crippen molar-refractivity contribution in [3.05, 3.63) is 143 Å². The van der Waals surface area contributed by atoms with Crippen molar-refractivity contribution in [3.8, 4) is 0 Å². The van der Waals surface area contributed by atoms with E-state index in [-0.39, 0.29) is 17.3 Å². The highest BCUT2D eigenvalue weighted by Gasteiger charge is 2.24. The van der Waals surface area contributed by atoms with Crippen molar-refractivity contribution in [3.63, 3.8) is 0 Å². The first-order valence-electron chi connectivity index (χ1n) is 11.6. The van der Waals surface area contributed by atoms with Gasteiger partial charge in [-0.05, 0) is 58.5 Å². The average molecular weight is 434 g/mol. The van der Waals surface area contributed by atoms with Crippen molar-refractivity contribution < 1.29 is 0 Å². The summed E-state index contributed by atoms with van der Waals surface area (Å²) in [6.45, 7) is 6.77. The summed E-state index contributed by atoms with van der Waals surface area (Å²) < 4.78 is 0. The molecule has 2 aromatic carbocycles. The summed E-state index contributed by atoms with van der Waals surface area (Å²) in [5, 5.41) is 0. The third kappa shape index (κ3) is 4.31. The van der Waals surface area contributed by atoms with Gasteiger partial charge in [-0.1, -0.05) is 75.4 Å². The Kier molecular flexibility index (Phi) is 5.55. The van der Waals surface area contributed by atoms with E-state index in [1.807, 2.05) is 12.4 Å². The Labute approximate surface area is 195 Å². The van der Waals surface area contributed by atoms with Crippen LogP contribution in [0, 0.1) is 0 Å². The van der Waals surface area contributed by atoms with Gasteiger partial charge in [0.1, 0.15) is 0 Å². The minimum atomic E-state index is 0.114. The minimum Gasteiger partial charge on any atom is -0.364 e. The molecule has 0 aliphatic heterocycles. The number of aromatic amines is 3. The molecular formula is C30H31N3. The molecule has 2 atom stereocenters. The smallest absolute Gasteiger partial charge is 0.0641 e. The fraction of sp³-hybridized carbons (Fsp3) is 0.200. The normalized spacial score (nSPS) is 13.7. The molecule has 0 fully saturated rings. The van der Waals surface area contributed by atoms with Gasteiger partial charge >= 0.3 is 0 Å². The van der Waals surface area contributed by atoms with Gasteiger partial charge in [-0.2, -0.15) is 0 Å². The topological polar surface area (TPSA) is 47.4 Å². The zero-order valence-electron chi connectivity index (χ0n) is 19.5. The van der Waals surface area contributed by atoms with E-state index in [1.165, 1.54) is 39.5 Å². The summed E-state index contributed by atoms with van der Waals surface area (Å²) in [5.41, 5.74) is 8.75. The van der Waals surface area contributed by atoms with Gasteiger partial charge in [-0.3, -0.25) is 0 Å². The molecule has 3 heteroatoms. The van der Waals surface area contributed by atoms with E-state index >= 15 is 0 Å². The third-order valence-electron chi connectivity index (χ3n) is 6.46. The van der Waals surface area contributed by atoms with Gasteiger partial charge in [0.25, 0.3) is 0 Å². The molecule has 0 radical (unpaired) electrons. The molecule has 33 heavy (non-hydrogen) atoms. The zero-order chi connectivity index (χ0) is 22.8. The van der Waals surface area contributed by atoms with Crippen molar-refractivity contribution >= 4 is 0 Å². The fourth-order valence-corrected chi connectivity index (χ4v) is 4.69. The Hall–Kier alpha value is -3.72. The van der Waals surface area contributed by atoms with Crippen LogP contribution in [-0.4, -0.2) is 15.0 Å². The van der Waals surface area contributed by atoms with Crippen LogP contribution in [0.2, 0.25) is 0 Å². The van der Waals surface area contributed by atoms with Crippen molar-refractivity contribution in [2.75, 3.05) is 0 Å². The average Bonchev–Trinajstić information content (AvgIpc) is 3.59. The SMILES string of the molecule is CC(C)(C)c1ccc(C(c2ccc[nH]2)c2ccc(C(c3ccccc3)c3ccc[nH]3)[nH]2)cc1. The summed E-state index contributed by atoms with van der Waals surface area (Å²) in [6, 6.07) is 32.7. The molecule has 0 saturated carbocycles. The molecule has 2 unspecified atom stereocenters. The number of benzene rings is 2. The Bertz CT molecular complexity index is 1270. The van der Waals surface area contributed by atoms with Crippen LogP contribution in [0.5, 0.6) is 0 Å². The van der Waals surface area contributed by atoms with Crippen molar-refractivity contribution in [2.45, 2.75) is 38.0 Å². The van der Waals surface area contributed by atoms with Gasteiger partial charge in [-0.15, -0.1) is 0 Å². The lowest BCUT2D eigenvalue weighted by atomic mass is 9.84. The van der Waals surface area contributed by atoms with Crippen LogP contribution in [0.15, 0.2) is 103 Å². The van der Waals surface area contributed by atoms with E-state index in [0.29, 0.717) is 0 Å². The van der Waals surface area contributed by atoms with Crippen molar-refractivity contribution in [1.29, 1.82) is 0 Å². The van der Waals surface area contributed by atoms with E-state index in [0.717, 1.165) is 0 Å². The standard InChI is InChI=1S/C30H31N3/c1-30(2,3)23-15-13-22(14-16-23)29(25-12-8-20-32-25)27-18-17-26(33-27)28(24-11-7-19-31-24)21-9-5-4-6-10-21/h4-20,28-29,31-33H,1-3H3. The van der Waals surface area contributed by atoms with Crippen LogP contribution >= 0.6 is 0 Å². The van der Waals surface area contributed by atoms with Crippen molar-refractivity contribution in [1.82, 2.24) is 15.0 Å². The highest BCUT2D eigenvalue weighted by Crippen LogP contribution is 2.36. The van der Waals surface area contributed by atoms with Gasteiger partial charge < -0.3 is 15.0 Å². The van der Waals surface area contributed by atoms with Crippen LogP contribution in [0.25, 0.3) is 0 Å². The van der Waals surface area contributed by atoms with Crippen LogP contribution in [0.3, 0.4) is 0 Å². The highest BCUT2D eigenvalue weighted by atomic mass is 14.8. The van der Waals surface area contributed by atoms with Gasteiger partial charge in [0.2, 0.25) is 0 Å². The largest absolute Gasteiger partial charge is 0.364 e. The van der Waals surface area contributed by atoms with Crippen LogP contribution in [0.1, 0.15) is 72.1 Å². The number of rotatable bonds is 6. The number of nitrogens with one attached hydrogen (secondary N) is 3. The maximum absolute atomic E-state index is 3.79. The van der Waals surface area contributed by atoms with Gasteiger partial charge in [0, 0.05) is 35.2 Å². The van der Waals surface area contributed by atoms with Crippen LogP contribution in [-0.2, 0) is 5.41 Å². The highest BCUT2D eigenvalue weighted by molar-refractivity contribution is 5.44. The maximum atomic E-state index is 3.79. The van der Waals surface area contributed by atoms with Crippen molar-refractivity contribution in [2.24, 2.45) is 0 Å². The van der Waals surface area contributed by atoms with Crippen LogP contribution < -0.4 is 0 Å². The molecule has 0 aliphatic carbocycles. The van der Waals surface area contributed by atoms with Gasteiger partial charge in [0.15, 0.2) is 0 Å². The molecule has 3 nitrogen and oxygen atoms in total. The first-order valence-corrected chi connectivity index (χ1v) is 11.6. The van der Waals surface area contributed by atoms with E-state index in [9.17, 15) is 0 Å². The molecule has 0 bridgehead atoms. The second-order valence-electron chi connectivity index (χ2n) is 9.77. The molecule has 3 aromatic heterocycles. The maximum Gasteiger partial charge on any atom is 0.0641 e. The van der Waals surface area contributed by atoms with E-state index in [2.05, 4.69) is 127 Å². The predicted octanol–water partition coefficient (Wildman–Crippen LogP) is 7.33. The van der Waals surface area contributed by atoms with Gasteiger partial charge in [-0.25, -0.2) is 0 Å². The third-order valence-corrected chi connectivity index (χ3v) is 6.46. The number of aromatic nitrogens is 3. The molecule has 0 saturated heterocycles. The lowest BCUT2D eigenvalue weighted by molar-refractivity contribution is 0.590. The molecular weight excluding hydrogens is 402 g/mol. The Morgan fingerprint density at radius 3 is 1.48 bits per heavy atom. The zero-order valence-corrected chi connectivity index (χ0v) is 19.5. The quantitative estimate of drug-likeness (QED) is 0.251. The van der Waals surface area contributed by atoms with E-state index in [4.69, 9.17) is 0 Å². The number of H-pyrrole nitrogens is 3. The molecule has 0 spiro atoms. The first-order chi connectivity index (χ1) is 16.0. The molecule has 166 valence electrons. The van der Waals surface area contributed by atoms with Gasteiger partial charge in [0.05, 0.1) is 11.8 Å². The second kappa shape index (κ2) is 8.67. The minimum absolute atomic E-state index is 0.114. The molecule has 5 rings (SSSR count). The Balaban J connectivity index is 1.56. The predicted molar refractivity (Wildman–Crippen MR) is 136 cm³/mol. The Morgan fingerprint density at radius 2 is 1.03 bits per heavy atom. The molecule has 3 N–H and O–H groups in total. The summed E-state index contributed by atoms with van der Waals surface area (Å²) in [6.07, 6.45) is 4.00. The molecule has 5 aromatic rings. The summed E-state index contributed by atoms with van der Waals surface area (Å²) >= 11 is 0. The number of hydrogen-bond acceptors (Lipinski definition) is 0. The molecule has 3 heterocycles. The molecule has 0 amide bonds. The fourth-order valence-electron chi connectivity index (χ4n) is 4.69. The summed E-state index contributed by atoms with van der Waals surface area (Å²) in [4.78, 5) is 10.7. The first kappa shape index (κ1) is 21.1. The lowest BCUT2D eigenvalue weighted by Crippen LogP contribution is -2.12. The molecule has 0 aliphatic rings. The summed E-state index contributed by atoms with van der Waals surface area (Å²) in [7, 11) is 0. The lowest BCUT2D eigenvalue weighted by Gasteiger charge is -2.21. The Morgan fingerprint density at radius 1 is 0.515 bits per heavy atom. The second-order valence-corrected chi connectivity index (χ2v) is 9.77. The van der Waals surface area contributed by atoms with E-state index < -0.39 is 0 Å². The van der Waals surface area contributed by atoms with E-state index in [1.54, 1.807) is 0 Å². The monoisotopic (exact) mass is 433 g/mol. The van der Waals surface area contributed by atoms with Crippen LogP contribution in [0.4, 0.5) is 0 Å². The summed E-state index contributed by atoms with van der Waals surface area (Å²) in [5.74, 6) is 0.241.